The van der Waals surface area contributed by atoms with Gasteiger partial charge in [-0.25, -0.2) is 0 Å². The van der Waals surface area contributed by atoms with Crippen LogP contribution in [0.3, 0.4) is 0 Å². The summed E-state index contributed by atoms with van der Waals surface area (Å²) in [5.74, 6) is 0.320. The molecular formula is C10H14ClNO2. The Labute approximate surface area is 88.1 Å². The fourth-order valence-corrected chi connectivity index (χ4v) is 1.46. The van der Waals surface area contributed by atoms with E-state index < -0.39 is 12.2 Å². The van der Waals surface area contributed by atoms with Crippen LogP contribution >= 0.6 is 11.6 Å². The van der Waals surface area contributed by atoms with Gasteiger partial charge in [0.1, 0.15) is 6.10 Å². The molecular weight excluding hydrogens is 202 g/mol. The van der Waals surface area contributed by atoms with Crippen molar-refractivity contribution in [3.8, 4) is 0 Å². The Kier molecular flexibility index (Phi) is 4.20. The third kappa shape index (κ3) is 2.87. The summed E-state index contributed by atoms with van der Waals surface area (Å²) in [5, 5.41) is 19.2. The standard InChI is InChI=1S/C10H14ClNO2/c11-5-4-9(13)10(14)7-2-1-3-8(12)6-7/h1-3,6,9-10,13-14H,4-5,12H2. The lowest BCUT2D eigenvalue weighted by Gasteiger charge is -2.17. The maximum absolute atomic E-state index is 9.68. The number of benzene rings is 1. The molecule has 14 heavy (non-hydrogen) atoms. The molecule has 4 N–H and O–H groups in total. The van der Waals surface area contributed by atoms with Gasteiger partial charge in [0, 0.05) is 11.6 Å². The van der Waals surface area contributed by atoms with Gasteiger partial charge in [-0.3, -0.25) is 0 Å². The van der Waals surface area contributed by atoms with Crippen LogP contribution in [0.5, 0.6) is 0 Å². The van der Waals surface area contributed by atoms with Gasteiger partial charge in [-0.2, -0.15) is 0 Å². The topological polar surface area (TPSA) is 66.5 Å². The Hall–Kier alpha value is -0.770. The van der Waals surface area contributed by atoms with Crippen LogP contribution < -0.4 is 5.73 Å². The first-order valence-corrected chi connectivity index (χ1v) is 4.96. The van der Waals surface area contributed by atoms with Gasteiger partial charge < -0.3 is 15.9 Å². The summed E-state index contributed by atoms with van der Waals surface area (Å²) in [4.78, 5) is 0. The number of hydrogen-bond donors (Lipinski definition) is 3. The second-order valence-corrected chi connectivity index (χ2v) is 3.54. The predicted molar refractivity (Wildman–Crippen MR) is 57.2 cm³/mol. The van der Waals surface area contributed by atoms with Crippen molar-refractivity contribution >= 4 is 17.3 Å². The van der Waals surface area contributed by atoms with E-state index in [1.165, 1.54) is 0 Å². The first-order valence-electron chi connectivity index (χ1n) is 4.42. The van der Waals surface area contributed by atoms with E-state index in [2.05, 4.69) is 0 Å². The monoisotopic (exact) mass is 215 g/mol. The number of hydrogen-bond acceptors (Lipinski definition) is 3. The van der Waals surface area contributed by atoms with Crippen molar-refractivity contribution in [2.45, 2.75) is 18.6 Å². The smallest absolute Gasteiger partial charge is 0.105 e. The normalized spacial score (nSPS) is 15.1. The third-order valence-electron chi connectivity index (χ3n) is 2.02. The summed E-state index contributed by atoms with van der Waals surface area (Å²) in [7, 11) is 0. The van der Waals surface area contributed by atoms with Crippen molar-refractivity contribution in [1.82, 2.24) is 0 Å². The molecule has 0 bridgehead atoms. The molecule has 0 aliphatic heterocycles. The summed E-state index contributed by atoms with van der Waals surface area (Å²) in [6.07, 6.45) is -1.40. The highest BCUT2D eigenvalue weighted by molar-refractivity contribution is 6.17. The SMILES string of the molecule is Nc1cccc(C(O)C(O)CCCl)c1. The largest absolute Gasteiger partial charge is 0.399 e. The maximum atomic E-state index is 9.68. The Morgan fingerprint density at radius 2 is 2.07 bits per heavy atom. The second-order valence-electron chi connectivity index (χ2n) is 3.16. The van der Waals surface area contributed by atoms with E-state index in [0.717, 1.165) is 0 Å². The van der Waals surface area contributed by atoms with E-state index in [1.807, 2.05) is 0 Å². The molecule has 3 nitrogen and oxygen atoms in total. The van der Waals surface area contributed by atoms with Crippen molar-refractivity contribution in [2.24, 2.45) is 0 Å². The van der Waals surface area contributed by atoms with E-state index in [-0.39, 0.29) is 0 Å². The van der Waals surface area contributed by atoms with Gasteiger partial charge in [-0.05, 0) is 24.1 Å². The molecule has 1 aromatic rings. The number of halogens is 1. The van der Waals surface area contributed by atoms with E-state index in [0.29, 0.717) is 23.6 Å². The predicted octanol–water partition coefficient (Wildman–Crippen LogP) is 1.29. The van der Waals surface area contributed by atoms with Crippen LogP contribution in [0, 0.1) is 0 Å². The van der Waals surface area contributed by atoms with Crippen LogP contribution in [0.2, 0.25) is 0 Å². The highest BCUT2D eigenvalue weighted by Crippen LogP contribution is 2.20. The number of anilines is 1. The van der Waals surface area contributed by atoms with Crippen LogP contribution in [0.25, 0.3) is 0 Å². The average molecular weight is 216 g/mol. The Bertz CT molecular complexity index is 293. The molecule has 0 spiro atoms. The van der Waals surface area contributed by atoms with Crippen molar-refractivity contribution in [3.05, 3.63) is 29.8 Å². The van der Waals surface area contributed by atoms with E-state index in [4.69, 9.17) is 17.3 Å². The van der Waals surface area contributed by atoms with Gasteiger partial charge in [-0.1, -0.05) is 12.1 Å². The van der Waals surface area contributed by atoms with Gasteiger partial charge >= 0.3 is 0 Å². The number of nitrogens with two attached hydrogens (primary N) is 1. The molecule has 0 aliphatic rings. The molecule has 0 heterocycles. The second kappa shape index (κ2) is 5.20. The fourth-order valence-electron chi connectivity index (χ4n) is 1.23. The molecule has 4 heteroatoms. The zero-order chi connectivity index (χ0) is 10.6. The van der Waals surface area contributed by atoms with E-state index in [1.54, 1.807) is 24.3 Å². The molecule has 2 atom stereocenters. The number of rotatable bonds is 4. The first kappa shape index (κ1) is 11.3. The Balaban J connectivity index is 2.73. The van der Waals surface area contributed by atoms with Crippen molar-refractivity contribution in [1.29, 1.82) is 0 Å². The lowest BCUT2D eigenvalue weighted by molar-refractivity contribution is 0.0170. The van der Waals surface area contributed by atoms with Crippen molar-refractivity contribution < 1.29 is 10.2 Å². The zero-order valence-electron chi connectivity index (χ0n) is 7.73. The molecule has 0 saturated carbocycles. The third-order valence-corrected chi connectivity index (χ3v) is 2.24. The summed E-state index contributed by atoms with van der Waals surface area (Å²) in [5.41, 5.74) is 6.73. The number of aliphatic hydroxyl groups excluding tert-OH is 2. The Morgan fingerprint density at radius 1 is 1.36 bits per heavy atom. The van der Waals surface area contributed by atoms with Crippen molar-refractivity contribution in [3.63, 3.8) is 0 Å². The number of alkyl halides is 1. The number of aliphatic hydroxyl groups is 2. The molecule has 0 aliphatic carbocycles. The molecule has 0 amide bonds. The average Bonchev–Trinajstić information content (AvgIpc) is 2.17. The quantitative estimate of drug-likeness (QED) is 0.524. The molecule has 1 rings (SSSR count). The minimum absolute atomic E-state index is 0.320. The van der Waals surface area contributed by atoms with Gasteiger partial charge in [-0.15, -0.1) is 11.6 Å². The number of nitrogen functional groups attached to an aromatic ring is 1. The highest BCUT2D eigenvalue weighted by Gasteiger charge is 2.17. The van der Waals surface area contributed by atoms with Crippen LogP contribution in [0.1, 0.15) is 18.1 Å². The summed E-state index contributed by atoms with van der Waals surface area (Å²) < 4.78 is 0. The van der Waals surface area contributed by atoms with Gasteiger partial charge in [0.05, 0.1) is 6.10 Å². The molecule has 0 radical (unpaired) electrons. The molecule has 0 saturated heterocycles. The summed E-state index contributed by atoms with van der Waals surface area (Å²) >= 11 is 5.46. The molecule has 1 aromatic carbocycles. The van der Waals surface area contributed by atoms with E-state index in [9.17, 15) is 10.2 Å². The van der Waals surface area contributed by atoms with Crippen LogP contribution in [0.15, 0.2) is 24.3 Å². The highest BCUT2D eigenvalue weighted by atomic mass is 35.5. The molecule has 2 unspecified atom stereocenters. The minimum Gasteiger partial charge on any atom is -0.399 e. The molecule has 78 valence electrons. The van der Waals surface area contributed by atoms with Crippen LogP contribution in [-0.4, -0.2) is 22.2 Å². The fraction of sp³-hybridized carbons (Fsp3) is 0.400. The van der Waals surface area contributed by atoms with Crippen molar-refractivity contribution in [2.75, 3.05) is 11.6 Å². The van der Waals surface area contributed by atoms with Crippen LogP contribution in [0.4, 0.5) is 5.69 Å². The van der Waals surface area contributed by atoms with E-state index >= 15 is 0 Å². The minimum atomic E-state index is -0.919. The lowest BCUT2D eigenvalue weighted by atomic mass is 10.0. The summed E-state index contributed by atoms with van der Waals surface area (Å²) in [6.45, 7) is 0. The zero-order valence-corrected chi connectivity index (χ0v) is 8.48. The summed E-state index contributed by atoms with van der Waals surface area (Å²) in [6, 6.07) is 6.83. The maximum Gasteiger partial charge on any atom is 0.105 e. The van der Waals surface area contributed by atoms with Crippen LogP contribution in [-0.2, 0) is 0 Å². The Morgan fingerprint density at radius 3 is 2.64 bits per heavy atom. The van der Waals surface area contributed by atoms with Gasteiger partial charge in [0.15, 0.2) is 0 Å². The lowest BCUT2D eigenvalue weighted by Crippen LogP contribution is -2.18. The molecule has 0 aromatic heterocycles. The van der Waals surface area contributed by atoms with Gasteiger partial charge in [0.2, 0.25) is 0 Å². The first-order chi connectivity index (χ1) is 6.65. The molecule has 0 fully saturated rings. The van der Waals surface area contributed by atoms with Gasteiger partial charge in [0.25, 0.3) is 0 Å².